The Bertz CT molecular complexity index is 874. The predicted molar refractivity (Wildman–Crippen MR) is 109 cm³/mol. The number of hydrogen-bond donors (Lipinski definition) is 1. The fourth-order valence-electron chi connectivity index (χ4n) is 2.99. The summed E-state index contributed by atoms with van der Waals surface area (Å²) in [6.45, 7) is 3.27. The lowest BCUT2D eigenvalue weighted by atomic mass is 10.2. The van der Waals surface area contributed by atoms with Crippen LogP contribution in [-0.4, -0.2) is 43.5 Å². The van der Waals surface area contributed by atoms with Gasteiger partial charge in [0.15, 0.2) is 6.54 Å². The van der Waals surface area contributed by atoms with Crippen LogP contribution in [0.15, 0.2) is 48.5 Å². The van der Waals surface area contributed by atoms with Gasteiger partial charge in [-0.25, -0.2) is 4.98 Å². The van der Waals surface area contributed by atoms with E-state index in [-0.39, 0.29) is 11.9 Å². The summed E-state index contributed by atoms with van der Waals surface area (Å²) in [6.07, 6.45) is 0. The van der Waals surface area contributed by atoms with Gasteiger partial charge in [-0.2, -0.15) is 0 Å². The zero-order valence-electron chi connectivity index (χ0n) is 16.2. The fourth-order valence-corrected chi connectivity index (χ4v) is 4.05. The number of fused-ring (bicyclic) bond motifs is 1. The fraction of sp³-hybridized carbons (Fsp3) is 0.333. The second-order valence-corrected chi connectivity index (χ2v) is 7.92. The molecule has 3 rings (SSSR count). The lowest BCUT2D eigenvalue weighted by Crippen LogP contribution is -3.08. The lowest BCUT2D eigenvalue weighted by Gasteiger charge is -2.24. The van der Waals surface area contributed by atoms with E-state index in [9.17, 15) is 4.79 Å². The van der Waals surface area contributed by atoms with Gasteiger partial charge in [-0.05, 0) is 43.3 Å². The minimum Gasteiger partial charge on any atom is -0.497 e. The molecule has 1 aromatic heterocycles. The van der Waals surface area contributed by atoms with Crippen LogP contribution in [0.5, 0.6) is 5.75 Å². The topological polar surface area (TPSA) is 46.9 Å². The van der Waals surface area contributed by atoms with Crippen LogP contribution >= 0.6 is 11.3 Å². The molecule has 0 fully saturated rings. The molecule has 0 aliphatic heterocycles. The SMILES string of the molecule is COc1ccc(C[NH+](C)CC(=O)N(C)[C@@H](C)c2nc3ccccc3s2)cc1. The van der Waals surface area contributed by atoms with Crippen molar-refractivity contribution >= 4 is 27.5 Å². The van der Waals surface area contributed by atoms with Crippen LogP contribution in [0.1, 0.15) is 23.5 Å². The van der Waals surface area contributed by atoms with Gasteiger partial charge in [0.1, 0.15) is 17.3 Å². The molecule has 2 atom stereocenters. The molecule has 142 valence electrons. The normalized spacial score (nSPS) is 13.3. The van der Waals surface area contributed by atoms with Crippen LogP contribution in [0.3, 0.4) is 0 Å². The molecule has 0 aliphatic carbocycles. The number of nitrogens with one attached hydrogen (secondary N) is 1. The van der Waals surface area contributed by atoms with Gasteiger partial charge < -0.3 is 14.5 Å². The minimum absolute atomic E-state index is 0.0383. The van der Waals surface area contributed by atoms with E-state index in [1.807, 2.05) is 63.5 Å². The number of methoxy groups -OCH3 is 1. The smallest absolute Gasteiger partial charge is 0.278 e. The average molecular weight is 385 g/mol. The average Bonchev–Trinajstić information content (AvgIpc) is 3.11. The number of carbonyl (C=O) groups is 1. The third-order valence-corrected chi connectivity index (χ3v) is 5.97. The quantitative estimate of drug-likeness (QED) is 0.681. The predicted octanol–water partition coefficient (Wildman–Crippen LogP) is 2.54. The monoisotopic (exact) mass is 384 g/mol. The number of benzene rings is 2. The van der Waals surface area contributed by atoms with E-state index < -0.39 is 0 Å². The Balaban J connectivity index is 1.60. The molecule has 0 saturated heterocycles. The Morgan fingerprint density at radius 3 is 2.59 bits per heavy atom. The number of ether oxygens (including phenoxy) is 1. The molecular weight excluding hydrogens is 358 g/mol. The molecule has 0 radical (unpaired) electrons. The standard InChI is InChI=1S/C21H25N3O2S/c1-15(21-22-18-7-5-6-8-19(18)27-21)24(3)20(25)14-23(2)13-16-9-11-17(26-4)12-10-16/h5-12,15H,13-14H2,1-4H3/p+1/t15-/m0/s1. The van der Waals surface area contributed by atoms with E-state index in [0.717, 1.165) is 32.4 Å². The summed E-state index contributed by atoms with van der Waals surface area (Å²) in [4.78, 5) is 20.4. The van der Waals surface area contributed by atoms with E-state index >= 15 is 0 Å². The highest BCUT2D eigenvalue weighted by Gasteiger charge is 2.23. The van der Waals surface area contributed by atoms with Gasteiger partial charge in [-0.1, -0.05) is 12.1 Å². The van der Waals surface area contributed by atoms with Gasteiger partial charge in [-0.15, -0.1) is 11.3 Å². The molecule has 0 spiro atoms. The number of nitrogens with zero attached hydrogens (tertiary/aromatic N) is 2. The number of rotatable bonds is 7. The minimum atomic E-state index is -0.0383. The maximum Gasteiger partial charge on any atom is 0.278 e. The zero-order chi connectivity index (χ0) is 19.4. The van der Waals surface area contributed by atoms with Crippen LogP contribution in [0.2, 0.25) is 0 Å². The summed E-state index contributed by atoms with van der Waals surface area (Å²) >= 11 is 1.65. The van der Waals surface area contributed by atoms with E-state index in [0.29, 0.717) is 6.54 Å². The van der Waals surface area contributed by atoms with Crippen molar-refractivity contribution in [3.63, 3.8) is 0 Å². The van der Waals surface area contributed by atoms with Crippen LogP contribution in [-0.2, 0) is 11.3 Å². The van der Waals surface area contributed by atoms with Crippen molar-refractivity contribution in [3.8, 4) is 5.75 Å². The maximum atomic E-state index is 12.7. The Hall–Kier alpha value is -2.44. The van der Waals surface area contributed by atoms with Crippen molar-refractivity contribution < 1.29 is 14.4 Å². The van der Waals surface area contributed by atoms with Crippen molar-refractivity contribution in [3.05, 3.63) is 59.1 Å². The summed E-state index contributed by atoms with van der Waals surface area (Å²) < 4.78 is 6.34. The van der Waals surface area contributed by atoms with E-state index in [1.165, 1.54) is 5.56 Å². The molecule has 1 N–H and O–H groups in total. The zero-order valence-corrected chi connectivity index (χ0v) is 17.0. The molecule has 5 nitrogen and oxygen atoms in total. The highest BCUT2D eigenvalue weighted by atomic mass is 32.1. The lowest BCUT2D eigenvalue weighted by molar-refractivity contribution is -0.885. The van der Waals surface area contributed by atoms with Crippen molar-refractivity contribution in [2.24, 2.45) is 0 Å². The van der Waals surface area contributed by atoms with Crippen molar-refractivity contribution in [1.82, 2.24) is 9.88 Å². The van der Waals surface area contributed by atoms with Gasteiger partial charge >= 0.3 is 0 Å². The Labute approximate surface area is 164 Å². The first-order chi connectivity index (χ1) is 13.0. The van der Waals surface area contributed by atoms with Crippen molar-refractivity contribution in [1.29, 1.82) is 0 Å². The van der Waals surface area contributed by atoms with Crippen molar-refractivity contribution in [2.75, 3.05) is 27.7 Å². The van der Waals surface area contributed by atoms with Crippen LogP contribution in [0, 0.1) is 0 Å². The number of carbonyl (C=O) groups excluding carboxylic acids is 1. The third kappa shape index (κ3) is 4.64. The van der Waals surface area contributed by atoms with E-state index in [4.69, 9.17) is 4.74 Å². The first-order valence-electron chi connectivity index (χ1n) is 9.03. The molecule has 6 heteroatoms. The molecule has 1 heterocycles. The second kappa shape index (κ2) is 8.50. The number of thiazole rings is 1. The Morgan fingerprint density at radius 2 is 1.93 bits per heavy atom. The van der Waals surface area contributed by atoms with Gasteiger partial charge in [-0.3, -0.25) is 4.79 Å². The third-order valence-electron chi connectivity index (χ3n) is 4.76. The number of quaternary nitrogens is 1. The first-order valence-corrected chi connectivity index (χ1v) is 9.85. The van der Waals surface area contributed by atoms with Crippen LogP contribution in [0.25, 0.3) is 10.2 Å². The molecule has 27 heavy (non-hydrogen) atoms. The van der Waals surface area contributed by atoms with Crippen molar-refractivity contribution in [2.45, 2.75) is 19.5 Å². The largest absolute Gasteiger partial charge is 0.497 e. The van der Waals surface area contributed by atoms with Gasteiger partial charge in [0.2, 0.25) is 0 Å². The molecular formula is C21H26N3O2S+. The number of likely N-dealkylation sites (N-methyl/N-ethyl adjacent to an activating group) is 2. The van der Waals surface area contributed by atoms with Gasteiger partial charge in [0.25, 0.3) is 5.91 Å². The summed E-state index contributed by atoms with van der Waals surface area (Å²) in [7, 11) is 5.56. The number of hydrogen-bond acceptors (Lipinski definition) is 4. The molecule has 1 unspecified atom stereocenters. The van der Waals surface area contributed by atoms with Gasteiger partial charge in [0, 0.05) is 12.6 Å². The maximum absolute atomic E-state index is 12.7. The molecule has 3 aromatic rings. The number of para-hydroxylation sites is 1. The molecule has 2 aromatic carbocycles. The summed E-state index contributed by atoms with van der Waals surface area (Å²) in [5, 5.41) is 0.972. The highest BCUT2D eigenvalue weighted by Crippen LogP contribution is 2.28. The summed E-state index contributed by atoms with van der Waals surface area (Å²) in [6, 6.07) is 16.0. The number of aromatic nitrogens is 1. The molecule has 0 aliphatic rings. The summed E-state index contributed by atoms with van der Waals surface area (Å²) in [5.74, 6) is 0.963. The van der Waals surface area contributed by atoms with Gasteiger partial charge in [0.05, 0.1) is 30.4 Å². The number of amides is 1. The van der Waals surface area contributed by atoms with Crippen LogP contribution in [0.4, 0.5) is 0 Å². The Morgan fingerprint density at radius 1 is 1.22 bits per heavy atom. The van der Waals surface area contributed by atoms with Crippen LogP contribution < -0.4 is 9.64 Å². The Kier molecular flexibility index (Phi) is 6.08. The second-order valence-electron chi connectivity index (χ2n) is 6.86. The molecule has 0 saturated carbocycles. The highest BCUT2D eigenvalue weighted by molar-refractivity contribution is 7.18. The van der Waals surface area contributed by atoms with E-state index in [1.54, 1.807) is 23.3 Å². The molecule has 0 bridgehead atoms. The van der Waals surface area contributed by atoms with E-state index in [2.05, 4.69) is 11.1 Å². The molecule has 1 amide bonds. The summed E-state index contributed by atoms with van der Waals surface area (Å²) in [5.41, 5.74) is 2.18. The first kappa shape index (κ1) is 19.3.